The maximum absolute atomic E-state index is 12.3. The van der Waals surface area contributed by atoms with Crippen molar-refractivity contribution in [3.05, 3.63) is 38.9 Å². The van der Waals surface area contributed by atoms with Crippen molar-refractivity contribution >= 4 is 28.4 Å². The lowest BCUT2D eigenvalue weighted by Crippen LogP contribution is -2.34. The molecular weight excluding hydrogens is 388 g/mol. The summed E-state index contributed by atoms with van der Waals surface area (Å²) in [4.78, 5) is 34.7. The SMILES string of the molecule is CC1(C)[C@H]2CC[C@@]1(C)/C(=N/NC(=O)CCCn1c(=O)oc3cc([N+](=O)[O-])ccc31)C2. The number of fused-ring (bicyclic) bond motifs is 3. The van der Waals surface area contributed by atoms with E-state index in [1.165, 1.54) is 29.2 Å². The van der Waals surface area contributed by atoms with Crippen LogP contribution >= 0.6 is 0 Å². The van der Waals surface area contributed by atoms with E-state index in [0.29, 0.717) is 17.9 Å². The Hall–Kier alpha value is -2.97. The number of nitro benzene ring substituents is 1. The fraction of sp³-hybridized carbons (Fsp3) is 0.571. The summed E-state index contributed by atoms with van der Waals surface area (Å²) >= 11 is 0. The van der Waals surface area contributed by atoms with Gasteiger partial charge in [-0.2, -0.15) is 5.10 Å². The molecule has 1 N–H and O–H groups in total. The first-order chi connectivity index (χ1) is 14.1. The molecule has 1 aromatic heterocycles. The molecule has 2 atom stereocenters. The van der Waals surface area contributed by atoms with Gasteiger partial charge in [-0.15, -0.1) is 0 Å². The van der Waals surface area contributed by atoms with Gasteiger partial charge in [0.2, 0.25) is 5.91 Å². The molecule has 0 unspecified atom stereocenters. The normalized spacial score (nSPS) is 25.8. The molecular formula is C21H26N4O5. The summed E-state index contributed by atoms with van der Waals surface area (Å²) in [6, 6.07) is 4.05. The Bertz CT molecular complexity index is 1110. The van der Waals surface area contributed by atoms with Crippen LogP contribution in [0.15, 0.2) is 32.5 Å². The second kappa shape index (κ2) is 7.07. The first-order valence-electron chi connectivity index (χ1n) is 10.3. The Labute approximate surface area is 173 Å². The highest BCUT2D eigenvalue weighted by atomic mass is 16.6. The molecule has 9 nitrogen and oxygen atoms in total. The van der Waals surface area contributed by atoms with Crippen molar-refractivity contribution in [2.24, 2.45) is 21.8 Å². The number of amides is 1. The third-order valence-corrected chi connectivity index (χ3v) is 7.48. The van der Waals surface area contributed by atoms with Crippen LogP contribution in [0.25, 0.3) is 11.1 Å². The van der Waals surface area contributed by atoms with E-state index in [1.807, 2.05) is 0 Å². The highest BCUT2D eigenvalue weighted by Crippen LogP contribution is 2.63. The number of nitrogens with zero attached hydrogens (tertiary/aromatic N) is 3. The number of carbonyl (C=O) groups excluding carboxylic acids is 1. The molecule has 0 saturated heterocycles. The van der Waals surface area contributed by atoms with Crippen LogP contribution in [0.2, 0.25) is 0 Å². The zero-order chi connectivity index (χ0) is 21.7. The summed E-state index contributed by atoms with van der Waals surface area (Å²) in [7, 11) is 0. The molecule has 160 valence electrons. The van der Waals surface area contributed by atoms with Crippen LogP contribution in [0.3, 0.4) is 0 Å². The van der Waals surface area contributed by atoms with Gasteiger partial charge in [0.05, 0.1) is 16.5 Å². The van der Waals surface area contributed by atoms with Gasteiger partial charge in [-0.3, -0.25) is 19.5 Å². The van der Waals surface area contributed by atoms with Crippen molar-refractivity contribution in [3.63, 3.8) is 0 Å². The molecule has 2 aliphatic rings. The highest BCUT2D eigenvalue weighted by Gasteiger charge is 2.60. The number of hydrazone groups is 1. The largest absolute Gasteiger partial charge is 0.419 e. The van der Waals surface area contributed by atoms with Crippen LogP contribution < -0.4 is 11.2 Å². The molecule has 30 heavy (non-hydrogen) atoms. The van der Waals surface area contributed by atoms with Gasteiger partial charge in [0, 0.05) is 30.2 Å². The Balaban J connectivity index is 1.36. The van der Waals surface area contributed by atoms with Crippen molar-refractivity contribution < 1.29 is 14.1 Å². The number of aryl methyl sites for hydroxylation is 1. The summed E-state index contributed by atoms with van der Waals surface area (Å²) in [6.45, 7) is 7.10. The van der Waals surface area contributed by atoms with Crippen LogP contribution in [0.5, 0.6) is 0 Å². The van der Waals surface area contributed by atoms with E-state index in [1.54, 1.807) is 0 Å². The molecule has 1 aromatic carbocycles. The predicted molar refractivity (Wildman–Crippen MR) is 111 cm³/mol. The predicted octanol–water partition coefficient (Wildman–Crippen LogP) is 3.60. The number of hydrogen-bond donors (Lipinski definition) is 1. The smallest absolute Gasteiger partial charge is 0.407 e. The quantitative estimate of drug-likeness (QED) is 0.572. The average Bonchev–Trinajstić information content (AvgIpc) is 3.19. The van der Waals surface area contributed by atoms with Gasteiger partial charge in [0.1, 0.15) is 0 Å². The first-order valence-corrected chi connectivity index (χ1v) is 10.3. The Morgan fingerprint density at radius 1 is 1.40 bits per heavy atom. The topological polar surface area (TPSA) is 120 Å². The van der Waals surface area contributed by atoms with Crippen molar-refractivity contribution in [2.75, 3.05) is 0 Å². The van der Waals surface area contributed by atoms with Crippen molar-refractivity contribution in [1.29, 1.82) is 0 Å². The minimum Gasteiger partial charge on any atom is -0.407 e. The number of aromatic nitrogens is 1. The van der Waals surface area contributed by atoms with E-state index < -0.39 is 10.7 Å². The Kier molecular flexibility index (Phi) is 4.79. The summed E-state index contributed by atoms with van der Waals surface area (Å²) in [6.07, 6.45) is 3.90. The maximum Gasteiger partial charge on any atom is 0.419 e. The number of non-ortho nitro benzene ring substituents is 1. The highest BCUT2D eigenvalue weighted by molar-refractivity contribution is 5.95. The van der Waals surface area contributed by atoms with E-state index >= 15 is 0 Å². The second-order valence-corrected chi connectivity index (χ2v) is 9.12. The van der Waals surface area contributed by atoms with Gasteiger partial charge in [-0.25, -0.2) is 10.2 Å². The molecule has 9 heteroatoms. The molecule has 2 aromatic rings. The third kappa shape index (κ3) is 3.12. The third-order valence-electron chi connectivity index (χ3n) is 7.48. The standard InChI is InChI=1S/C21H26N4O5/c1-20(2)13-8-9-21(20,3)17(11-13)22-23-18(26)5-4-10-24-15-7-6-14(25(28)29)12-16(15)30-19(24)27/h6-7,12-13H,4-5,8-11H2,1-3H3,(H,23,26)/b22-17+/t13-,21-/m0/s1. The van der Waals surface area contributed by atoms with Crippen molar-refractivity contribution in [3.8, 4) is 0 Å². The zero-order valence-electron chi connectivity index (χ0n) is 17.4. The molecule has 1 heterocycles. The van der Waals surface area contributed by atoms with Gasteiger partial charge < -0.3 is 4.42 Å². The van der Waals surface area contributed by atoms with Gasteiger partial charge in [0.25, 0.3) is 5.69 Å². The molecule has 0 radical (unpaired) electrons. The molecule has 2 fully saturated rings. The molecule has 0 aliphatic heterocycles. The Morgan fingerprint density at radius 2 is 2.17 bits per heavy atom. The number of oxazole rings is 1. The minimum atomic E-state index is -0.594. The molecule has 2 bridgehead atoms. The number of hydrogen-bond acceptors (Lipinski definition) is 6. The zero-order valence-corrected chi connectivity index (χ0v) is 17.4. The number of nitro groups is 1. The number of nitrogens with one attached hydrogen (secondary N) is 1. The average molecular weight is 414 g/mol. The summed E-state index contributed by atoms with van der Waals surface area (Å²) < 4.78 is 6.49. The van der Waals surface area contributed by atoms with E-state index in [-0.39, 0.29) is 41.0 Å². The number of benzene rings is 1. The van der Waals surface area contributed by atoms with E-state index in [0.717, 1.165) is 18.6 Å². The molecule has 2 saturated carbocycles. The van der Waals surface area contributed by atoms with Crippen LogP contribution in [0.1, 0.15) is 52.9 Å². The summed E-state index contributed by atoms with van der Waals surface area (Å²) in [5, 5.41) is 15.3. The molecule has 2 aliphatic carbocycles. The molecule has 4 rings (SSSR count). The lowest BCUT2D eigenvalue weighted by molar-refractivity contribution is -0.384. The van der Waals surface area contributed by atoms with E-state index in [9.17, 15) is 19.7 Å². The fourth-order valence-electron chi connectivity index (χ4n) is 5.06. The van der Waals surface area contributed by atoms with Crippen molar-refractivity contribution in [2.45, 2.75) is 59.4 Å². The summed E-state index contributed by atoms with van der Waals surface area (Å²) in [5.41, 5.74) is 4.51. The van der Waals surface area contributed by atoms with Gasteiger partial charge in [-0.05, 0) is 43.1 Å². The molecule has 0 spiro atoms. The van der Waals surface area contributed by atoms with Crippen molar-refractivity contribution in [1.82, 2.24) is 9.99 Å². The minimum absolute atomic E-state index is 0.0383. The Morgan fingerprint density at radius 3 is 2.80 bits per heavy atom. The van der Waals surface area contributed by atoms with Gasteiger partial charge in [0.15, 0.2) is 5.58 Å². The van der Waals surface area contributed by atoms with Crippen LogP contribution in [-0.4, -0.2) is 21.1 Å². The number of carbonyl (C=O) groups is 1. The van der Waals surface area contributed by atoms with Gasteiger partial charge >= 0.3 is 5.76 Å². The van der Waals surface area contributed by atoms with Crippen LogP contribution in [0, 0.1) is 26.9 Å². The van der Waals surface area contributed by atoms with E-state index in [2.05, 4.69) is 31.3 Å². The van der Waals surface area contributed by atoms with Gasteiger partial charge in [-0.1, -0.05) is 20.8 Å². The lowest BCUT2D eigenvalue weighted by Gasteiger charge is -2.34. The number of rotatable bonds is 6. The fourth-order valence-corrected chi connectivity index (χ4v) is 5.06. The summed E-state index contributed by atoms with van der Waals surface area (Å²) in [5.74, 6) is -0.165. The van der Waals surface area contributed by atoms with Crippen LogP contribution in [-0.2, 0) is 11.3 Å². The lowest BCUT2D eigenvalue weighted by atomic mass is 9.70. The van der Waals surface area contributed by atoms with E-state index in [4.69, 9.17) is 4.42 Å². The monoisotopic (exact) mass is 414 g/mol. The first kappa shape index (κ1) is 20.3. The van der Waals surface area contributed by atoms with Crippen LogP contribution in [0.4, 0.5) is 5.69 Å². The molecule has 1 amide bonds. The maximum atomic E-state index is 12.3. The second-order valence-electron chi connectivity index (χ2n) is 9.12.